The zero-order valence-electron chi connectivity index (χ0n) is 13.4. The first-order chi connectivity index (χ1) is 11.5. The highest BCUT2D eigenvalue weighted by molar-refractivity contribution is 7.10. The van der Waals surface area contributed by atoms with Gasteiger partial charge < -0.3 is 14.1 Å². The van der Waals surface area contributed by atoms with Gasteiger partial charge in [-0.3, -0.25) is 4.79 Å². The number of rotatable bonds is 5. The van der Waals surface area contributed by atoms with Crippen molar-refractivity contribution in [3.63, 3.8) is 0 Å². The Bertz CT molecular complexity index is 928. The van der Waals surface area contributed by atoms with Crippen LogP contribution >= 0.6 is 11.3 Å². The number of hydrogen-bond donors (Lipinski definition) is 0. The van der Waals surface area contributed by atoms with Crippen molar-refractivity contribution in [3.8, 4) is 5.75 Å². The van der Waals surface area contributed by atoms with Crippen LogP contribution in [0, 0.1) is 6.92 Å². The summed E-state index contributed by atoms with van der Waals surface area (Å²) in [4.78, 5) is 26.3. The van der Waals surface area contributed by atoms with Crippen LogP contribution in [0.3, 0.4) is 0 Å². The number of aryl methyl sites for hydroxylation is 1. The van der Waals surface area contributed by atoms with Gasteiger partial charge in [0.15, 0.2) is 6.61 Å². The molecule has 1 aromatic carbocycles. The molecule has 0 atom stereocenters. The van der Waals surface area contributed by atoms with Gasteiger partial charge in [0, 0.05) is 29.4 Å². The Hall–Kier alpha value is -2.60. The molecule has 3 rings (SSSR count). The van der Waals surface area contributed by atoms with Crippen LogP contribution in [0.5, 0.6) is 5.75 Å². The molecule has 24 heavy (non-hydrogen) atoms. The number of ether oxygens (including phenoxy) is 1. The molecular weight excluding hydrogens is 326 g/mol. The van der Waals surface area contributed by atoms with Gasteiger partial charge in [0.25, 0.3) is 5.91 Å². The predicted octanol–water partition coefficient (Wildman–Crippen LogP) is 3.20. The molecule has 1 amide bonds. The third kappa shape index (κ3) is 3.65. The standard InChI is InChI=1S/C18H17NO4S/c1-12-7-8-24-16(12)10-19(2)17(20)11-22-14-5-3-13-4-6-18(21)23-15(13)9-14/h3-9H,10-11H2,1-2H3. The van der Waals surface area contributed by atoms with Crippen molar-refractivity contribution in [2.45, 2.75) is 13.5 Å². The van der Waals surface area contributed by atoms with Crippen molar-refractivity contribution in [2.75, 3.05) is 13.7 Å². The summed E-state index contributed by atoms with van der Waals surface area (Å²) in [5.41, 5.74) is 1.21. The van der Waals surface area contributed by atoms with E-state index in [9.17, 15) is 9.59 Å². The number of hydrogen-bond acceptors (Lipinski definition) is 5. The van der Waals surface area contributed by atoms with Gasteiger partial charge >= 0.3 is 5.63 Å². The lowest BCUT2D eigenvalue weighted by Gasteiger charge is -2.17. The van der Waals surface area contributed by atoms with Gasteiger partial charge in [-0.25, -0.2) is 4.79 Å². The van der Waals surface area contributed by atoms with Gasteiger partial charge in [-0.15, -0.1) is 11.3 Å². The van der Waals surface area contributed by atoms with Crippen molar-refractivity contribution in [3.05, 3.63) is 62.6 Å². The molecule has 0 fully saturated rings. The quantitative estimate of drug-likeness (QED) is 0.668. The normalized spacial score (nSPS) is 10.8. The molecule has 0 aliphatic carbocycles. The van der Waals surface area contributed by atoms with Crippen molar-refractivity contribution in [1.29, 1.82) is 0 Å². The third-order valence-electron chi connectivity index (χ3n) is 3.73. The van der Waals surface area contributed by atoms with E-state index in [1.807, 2.05) is 18.4 Å². The Balaban J connectivity index is 1.63. The van der Waals surface area contributed by atoms with Crippen LogP contribution in [0.25, 0.3) is 11.0 Å². The van der Waals surface area contributed by atoms with E-state index >= 15 is 0 Å². The molecule has 0 saturated heterocycles. The molecule has 6 heteroatoms. The fourth-order valence-corrected chi connectivity index (χ4v) is 3.21. The number of amides is 1. The minimum absolute atomic E-state index is 0.0660. The highest BCUT2D eigenvalue weighted by Gasteiger charge is 2.12. The highest BCUT2D eigenvalue weighted by Crippen LogP contribution is 2.20. The second kappa shape index (κ2) is 6.88. The van der Waals surface area contributed by atoms with E-state index in [0.717, 1.165) is 5.39 Å². The van der Waals surface area contributed by atoms with E-state index < -0.39 is 5.63 Å². The molecule has 0 bridgehead atoms. The van der Waals surface area contributed by atoms with E-state index in [1.165, 1.54) is 16.5 Å². The highest BCUT2D eigenvalue weighted by atomic mass is 32.1. The molecule has 0 spiro atoms. The average Bonchev–Trinajstić information content (AvgIpc) is 2.97. The molecule has 124 valence electrons. The number of nitrogens with zero attached hydrogens (tertiary/aromatic N) is 1. The Morgan fingerprint density at radius 1 is 1.25 bits per heavy atom. The van der Waals surface area contributed by atoms with Gasteiger partial charge in [-0.2, -0.15) is 0 Å². The van der Waals surface area contributed by atoms with Crippen LogP contribution in [0.1, 0.15) is 10.4 Å². The predicted molar refractivity (Wildman–Crippen MR) is 93.5 cm³/mol. The van der Waals surface area contributed by atoms with Crippen molar-refractivity contribution in [2.24, 2.45) is 0 Å². The second-order valence-corrected chi connectivity index (χ2v) is 6.52. The second-order valence-electron chi connectivity index (χ2n) is 5.52. The molecule has 3 aromatic rings. The number of fused-ring (bicyclic) bond motifs is 1. The zero-order valence-corrected chi connectivity index (χ0v) is 14.3. The third-order valence-corrected chi connectivity index (χ3v) is 4.74. The van der Waals surface area contributed by atoms with Crippen LogP contribution in [-0.2, 0) is 11.3 Å². The summed E-state index contributed by atoms with van der Waals surface area (Å²) in [7, 11) is 1.75. The van der Waals surface area contributed by atoms with Crippen molar-refractivity contribution >= 4 is 28.2 Å². The van der Waals surface area contributed by atoms with Crippen LogP contribution in [-0.4, -0.2) is 24.5 Å². The minimum atomic E-state index is -0.415. The fraction of sp³-hybridized carbons (Fsp3) is 0.222. The molecule has 0 N–H and O–H groups in total. The van der Waals surface area contributed by atoms with Crippen LogP contribution in [0.15, 0.2) is 51.0 Å². The molecule has 0 radical (unpaired) electrons. The summed E-state index contributed by atoms with van der Waals surface area (Å²) in [6, 6.07) is 10.3. The first kappa shape index (κ1) is 16.3. The van der Waals surface area contributed by atoms with Crippen LogP contribution < -0.4 is 10.4 Å². The van der Waals surface area contributed by atoms with Gasteiger partial charge in [0.2, 0.25) is 0 Å². The summed E-state index contributed by atoms with van der Waals surface area (Å²) < 4.78 is 10.6. The Morgan fingerprint density at radius 3 is 2.79 bits per heavy atom. The molecule has 0 unspecified atom stereocenters. The fourth-order valence-electron chi connectivity index (χ4n) is 2.26. The molecule has 5 nitrogen and oxygen atoms in total. The molecule has 0 aliphatic rings. The number of carbonyl (C=O) groups excluding carboxylic acids is 1. The van der Waals surface area contributed by atoms with Gasteiger partial charge in [0.05, 0.1) is 6.54 Å². The largest absolute Gasteiger partial charge is 0.484 e. The van der Waals surface area contributed by atoms with E-state index in [1.54, 1.807) is 47.5 Å². The van der Waals surface area contributed by atoms with Gasteiger partial charge in [-0.05, 0) is 42.1 Å². The monoisotopic (exact) mass is 343 g/mol. The maximum atomic E-state index is 12.2. The summed E-state index contributed by atoms with van der Waals surface area (Å²) in [6.45, 7) is 2.53. The number of thiophene rings is 1. The molecule has 2 heterocycles. The van der Waals surface area contributed by atoms with E-state index in [4.69, 9.17) is 9.15 Å². The topological polar surface area (TPSA) is 59.8 Å². The maximum Gasteiger partial charge on any atom is 0.336 e. The Labute approximate surface area is 143 Å². The Kier molecular flexibility index (Phi) is 4.66. The first-order valence-electron chi connectivity index (χ1n) is 7.46. The number of likely N-dealkylation sites (N-methyl/N-ethyl adjacent to an activating group) is 1. The SMILES string of the molecule is Cc1ccsc1CN(C)C(=O)COc1ccc2ccc(=O)oc2c1. The number of benzene rings is 1. The lowest BCUT2D eigenvalue weighted by molar-refractivity contribution is -0.132. The van der Waals surface area contributed by atoms with E-state index in [0.29, 0.717) is 17.9 Å². The van der Waals surface area contributed by atoms with Crippen molar-refractivity contribution in [1.82, 2.24) is 4.90 Å². The molecule has 2 aromatic heterocycles. The molecule has 0 aliphatic heterocycles. The summed E-state index contributed by atoms with van der Waals surface area (Å²) in [5, 5.41) is 2.82. The average molecular weight is 343 g/mol. The van der Waals surface area contributed by atoms with Gasteiger partial charge in [0.1, 0.15) is 11.3 Å². The van der Waals surface area contributed by atoms with E-state index in [2.05, 4.69) is 0 Å². The first-order valence-corrected chi connectivity index (χ1v) is 8.34. The zero-order chi connectivity index (χ0) is 17.1. The van der Waals surface area contributed by atoms with Crippen LogP contribution in [0.4, 0.5) is 0 Å². The molecule has 0 saturated carbocycles. The lowest BCUT2D eigenvalue weighted by atomic mass is 10.2. The summed E-state index contributed by atoms with van der Waals surface area (Å²) >= 11 is 1.64. The Morgan fingerprint density at radius 2 is 2.04 bits per heavy atom. The summed E-state index contributed by atoms with van der Waals surface area (Å²) in [5.74, 6) is 0.378. The van der Waals surface area contributed by atoms with Crippen molar-refractivity contribution < 1.29 is 13.9 Å². The van der Waals surface area contributed by atoms with Crippen LogP contribution in [0.2, 0.25) is 0 Å². The minimum Gasteiger partial charge on any atom is -0.484 e. The molecular formula is C18H17NO4S. The van der Waals surface area contributed by atoms with E-state index in [-0.39, 0.29) is 12.5 Å². The smallest absolute Gasteiger partial charge is 0.336 e. The van der Waals surface area contributed by atoms with Gasteiger partial charge in [-0.1, -0.05) is 0 Å². The maximum absolute atomic E-state index is 12.2. The lowest BCUT2D eigenvalue weighted by Crippen LogP contribution is -2.30. The summed E-state index contributed by atoms with van der Waals surface area (Å²) in [6.07, 6.45) is 0. The number of carbonyl (C=O) groups is 1.